The summed E-state index contributed by atoms with van der Waals surface area (Å²) in [6, 6.07) is 4.93. The second-order valence-electron chi connectivity index (χ2n) is 10.5. The number of halogens is 3. The third kappa shape index (κ3) is 5.16. The predicted molar refractivity (Wildman–Crippen MR) is 128 cm³/mol. The molecule has 2 aliphatic heterocycles. The van der Waals surface area contributed by atoms with Gasteiger partial charge in [0.15, 0.2) is 0 Å². The number of methoxy groups -OCH3 is 1. The van der Waals surface area contributed by atoms with E-state index in [1.165, 1.54) is 6.20 Å². The number of nitrogens with one attached hydrogen (secondary N) is 1. The van der Waals surface area contributed by atoms with Crippen LogP contribution in [-0.2, 0) is 30.5 Å². The van der Waals surface area contributed by atoms with Crippen LogP contribution in [0.1, 0.15) is 54.9 Å². The number of hydrogen-bond donors (Lipinski definition) is 1. The molecule has 2 fully saturated rings. The Labute approximate surface area is 209 Å². The number of fused-ring (bicyclic) bond motifs is 1. The summed E-state index contributed by atoms with van der Waals surface area (Å²) in [5, 5.41) is 3.35. The van der Waals surface area contributed by atoms with Crippen molar-refractivity contribution in [3.05, 3.63) is 52.8 Å². The zero-order valence-corrected chi connectivity index (χ0v) is 20.7. The van der Waals surface area contributed by atoms with Crippen LogP contribution in [0, 0.1) is 11.3 Å². The number of carbonyl (C=O) groups excluding carboxylic acids is 1. The van der Waals surface area contributed by atoms with Crippen molar-refractivity contribution in [1.29, 1.82) is 0 Å². The molecule has 3 aliphatic rings. The Kier molecular flexibility index (Phi) is 6.61. The highest BCUT2D eigenvalue weighted by molar-refractivity contribution is 5.83. The maximum absolute atomic E-state index is 14.2. The predicted octanol–water partition coefficient (Wildman–Crippen LogP) is 4.74. The molecule has 5 rings (SSSR count). The Morgan fingerprint density at radius 3 is 2.72 bits per heavy atom. The number of ether oxygens (including phenoxy) is 2. The Morgan fingerprint density at radius 1 is 1.25 bits per heavy atom. The van der Waals surface area contributed by atoms with Crippen LogP contribution in [0.2, 0.25) is 0 Å². The van der Waals surface area contributed by atoms with Gasteiger partial charge in [0.25, 0.3) is 0 Å². The summed E-state index contributed by atoms with van der Waals surface area (Å²) >= 11 is 0. The van der Waals surface area contributed by atoms with Gasteiger partial charge in [0.1, 0.15) is 17.6 Å². The smallest absolute Gasteiger partial charge is 0.417 e. The van der Waals surface area contributed by atoms with Crippen LogP contribution in [0.4, 0.5) is 13.2 Å². The molecular weight excluding hydrogens is 471 g/mol. The molecule has 1 saturated carbocycles. The molecule has 9 heteroatoms. The average Bonchev–Trinajstić information content (AvgIpc) is 3.38. The quantitative estimate of drug-likeness (QED) is 0.564. The van der Waals surface area contributed by atoms with Crippen molar-refractivity contribution in [2.75, 3.05) is 20.2 Å². The van der Waals surface area contributed by atoms with Gasteiger partial charge in [0.05, 0.1) is 18.1 Å². The topological polar surface area (TPSA) is 63.7 Å². The van der Waals surface area contributed by atoms with Gasteiger partial charge in [-0.25, -0.2) is 0 Å². The number of carbonyl (C=O) groups is 1. The first-order chi connectivity index (χ1) is 17.2. The molecular formula is C27H32F3N3O3. The van der Waals surface area contributed by atoms with Crippen molar-refractivity contribution >= 4 is 5.91 Å². The lowest BCUT2D eigenvalue weighted by molar-refractivity contribution is -0.143. The number of nitrogens with zero attached hydrogens (tertiary/aromatic N) is 2. The highest BCUT2D eigenvalue weighted by atomic mass is 19.4. The summed E-state index contributed by atoms with van der Waals surface area (Å²) in [7, 11) is 1.59. The normalized spacial score (nSPS) is 23.3. The van der Waals surface area contributed by atoms with Crippen molar-refractivity contribution in [1.82, 2.24) is 15.2 Å². The van der Waals surface area contributed by atoms with Crippen LogP contribution < -0.4 is 14.8 Å². The van der Waals surface area contributed by atoms with Gasteiger partial charge in [-0.05, 0) is 56.0 Å². The molecule has 36 heavy (non-hydrogen) atoms. The maximum atomic E-state index is 14.2. The number of rotatable bonds is 8. The highest BCUT2D eigenvalue weighted by Crippen LogP contribution is 2.45. The van der Waals surface area contributed by atoms with E-state index in [0.29, 0.717) is 23.8 Å². The fourth-order valence-electron chi connectivity index (χ4n) is 5.55. The third-order valence-electron chi connectivity index (χ3n) is 7.52. The Bertz CT molecular complexity index is 1130. The molecule has 1 aromatic heterocycles. The Hall–Kier alpha value is -2.81. The molecule has 194 valence electrons. The summed E-state index contributed by atoms with van der Waals surface area (Å²) < 4.78 is 51.7. The van der Waals surface area contributed by atoms with Gasteiger partial charge >= 0.3 is 6.18 Å². The molecule has 2 aromatic rings. The van der Waals surface area contributed by atoms with Gasteiger partial charge in [-0.3, -0.25) is 9.78 Å². The molecule has 2 atom stereocenters. The van der Waals surface area contributed by atoms with Gasteiger partial charge < -0.3 is 19.7 Å². The van der Waals surface area contributed by atoms with Gasteiger partial charge in [-0.15, -0.1) is 0 Å². The van der Waals surface area contributed by atoms with Gasteiger partial charge in [-0.1, -0.05) is 12.8 Å². The first-order valence-corrected chi connectivity index (χ1v) is 12.5. The Balaban J connectivity index is 1.49. The number of alkyl halides is 3. The minimum Gasteiger partial charge on any atom is -0.496 e. The van der Waals surface area contributed by atoms with Crippen molar-refractivity contribution in [3.8, 4) is 11.5 Å². The second-order valence-corrected chi connectivity index (χ2v) is 10.5. The summed E-state index contributed by atoms with van der Waals surface area (Å²) in [6.07, 6.45) is 2.33. The number of hydrogen-bond acceptors (Lipinski definition) is 5. The third-order valence-corrected chi connectivity index (χ3v) is 7.52. The zero-order valence-electron chi connectivity index (χ0n) is 20.7. The molecule has 1 N–H and O–H groups in total. The summed E-state index contributed by atoms with van der Waals surface area (Å²) in [6.45, 7) is 3.57. The summed E-state index contributed by atoms with van der Waals surface area (Å²) in [4.78, 5) is 19.7. The van der Waals surface area contributed by atoms with E-state index in [1.54, 1.807) is 12.0 Å². The minimum atomic E-state index is -4.50. The highest BCUT2D eigenvalue weighted by Gasteiger charge is 2.47. The van der Waals surface area contributed by atoms with Gasteiger partial charge in [-0.2, -0.15) is 13.2 Å². The summed E-state index contributed by atoms with van der Waals surface area (Å²) in [5.74, 6) is 1.91. The lowest BCUT2D eigenvalue weighted by Crippen LogP contribution is -2.45. The van der Waals surface area contributed by atoms with Crippen LogP contribution in [0.5, 0.6) is 11.5 Å². The summed E-state index contributed by atoms with van der Waals surface area (Å²) in [5.41, 5.74) is 0.792. The molecule has 1 aromatic carbocycles. The monoisotopic (exact) mass is 503 g/mol. The van der Waals surface area contributed by atoms with Crippen molar-refractivity contribution in [2.24, 2.45) is 11.3 Å². The lowest BCUT2D eigenvalue weighted by atomic mass is 9.80. The number of aromatic nitrogens is 1. The van der Waals surface area contributed by atoms with E-state index in [0.717, 1.165) is 67.8 Å². The molecule has 0 spiro atoms. The molecule has 0 radical (unpaired) electrons. The number of pyridine rings is 1. The van der Waals surface area contributed by atoms with Crippen LogP contribution in [0.25, 0.3) is 0 Å². The lowest BCUT2D eigenvalue weighted by Gasteiger charge is -2.35. The molecule has 1 saturated heterocycles. The second kappa shape index (κ2) is 9.57. The first kappa shape index (κ1) is 24.9. The largest absolute Gasteiger partial charge is 0.496 e. The minimum absolute atomic E-state index is 0.0274. The molecule has 0 bridgehead atoms. The van der Waals surface area contributed by atoms with E-state index in [9.17, 15) is 18.0 Å². The average molecular weight is 504 g/mol. The van der Waals surface area contributed by atoms with E-state index >= 15 is 0 Å². The zero-order chi connectivity index (χ0) is 25.5. The van der Waals surface area contributed by atoms with E-state index in [4.69, 9.17) is 9.47 Å². The maximum Gasteiger partial charge on any atom is 0.417 e. The van der Waals surface area contributed by atoms with Crippen LogP contribution >= 0.6 is 0 Å². The van der Waals surface area contributed by atoms with Crippen molar-refractivity contribution in [2.45, 2.75) is 64.4 Å². The standard InChI is InChI=1S/C27H32F3N3O3/c1-17-7-20-9-23(35-2)21(10-24(20)36-17)15-33(14-19-8-22(13-32-12-19)27(28,29)30)25(34)26(5-6-31-16-26)11-18-3-4-18/h8-10,12-13,17-18,31H,3-7,11,14-16H2,1-2H3. The van der Waals surface area contributed by atoms with Crippen LogP contribution in [0.15, 0.2) is 30.6 Å². The molecule has 3 heterocycles. The van der Waals surface area contributed by atoms with E-state index in [2.05, 4.69) is 10.3 Å². The number of amides is 1. The van der Waals surface area contributed by atoms with Crippen molar-refractivity contribution < 1.29 is 27.4 Å². The van der Waals surface area contributed by atoms with Crippen LogP contribution in [0.3, 0.4) is 0 Å². The molecule has 1 amide bonds. The first-order valence-electron chi connectivity index (χ1n) is 12.5. The van der Waals surface area contributed by atoms with Gasteiger partial charge in [0, 0.05) is 49.6 Å². The SMILES string of the molecule is COc1cc2c(cc1CN(Cc1cncc(C(F)(F)F)c1)C(=O)C1(CC3CC3)CCNC1)OC(C)C2. The van der Waals surface area contributed by atoms with E-state index < -0.39 is 17.2 Å². The fraction of sp³-hybridized carbons (Fsp3) is 0.556. The van der Waals surface area contributed by atoms with Gasteiger partial charge in [0.2, 0.25) is 5.91 Å². The number of benzene rings is 1. The van der Waals surface area contributed by atoms with Crippen LogP contribution in [-0.4, -0.2) is 42.1 Å². The van der Waals surface area contributed by atoms with Crippen molar-refractivity contribution in [3.63, 3.8) is 0 Å². The molecule has 1 aliphatic carbocycles. The van der Waals surface area contributed by atoms with E-state index in [1.807, 2.05) is 19.1 Å². The molecule has 6 nitrogen and oxygen atoms in total. The fourth-order valence-corrected chi connectivity index (χ4v) is 5.55. The molecule has 2 unspecified atom stereocenters. The van der Waals surface area contributed by atoms with E-state index in [-0.39, 0.29) is 25.1 Å². The Morgan fingerprint density at radius 2 is 2.06 bits per heavy atom.